The Morgan fingerprint density at radius 3 is 1.92 bits per heavy atom. The molecular formula is C22H24O4. The second kappa shape index (κ2) is 8.99. The lowest BCUT2D eigenvalue weighted by molar-refractivity contribution is -0.141. The summed E-state index contributed by atoms with van der Waals surface area (Å²) in [4.78, 5) is 22.7. The van der Waals surface area contributed by atoms with Crippen molar-refractivity contribution in [1.82, 2.24) is 0 Å². The highest BCUT2D eigenvalue weighted by Crippen LogP contribution is 2.31. The summed E-state index contributed by atoms with van der Waals surface area (Å²) in [5, 5.41) is 0. The van der Waals surface area contributed by atoms with Gasteiger partial charge in [-0.15, -0.1) is 0 Å². The summed E-state index contributed by atoms with van der Waals surface area (Å²) >= 11 is 0. The molecule has 0 amide bonds. The Hall–Kier alpha value is -2.88. The molecule has 26 heavy (non-hydrogen) atoms. The molecule has 0 radical (unpaired) electrons. The SMILES string of the molecule is CC(=O)OCC(COC(C)=O)=C(c1ccccc1)c1cccc(C)c1C. The van der Waals surface area contributed by atoms with Crippen LogP contribution in [0, 0.1) is 13.8 Å². The Bertz CT molecular complexity index is 799. The third kappa shape index (κ3) is 5.06. The van der Waals surface area contributed by atoms with E-state index in [0.717, 1.165) is 33.4 Å². The summed E-state index contributed by atoms with van der Waals surface area (Å²) in [6.07, 6.45) is 0. The predicted molar refractivity (Wildman–Crippen MR) is 102 cm³/mol. The third-order valence-electron chi connectivity index (χ3n) is 4.19. The van der Waals surface area contributed by atoms with E-state index >= 15 is 0 Å². The van der Waals surface area contributed by atoms with Gasteiger partial charge in [-0.25, -0.2) is 0 Å². The van der Waals surface area contributed by atoms with E-state index in [0.29, 0.717) is 0 Å². The Morgan fingerprint density at radius 1 is 0.808 bits per heavy atom. The summed E-state index contributed by atoms with van der Waals surface area (Å²) in [7, 11) is 0. The average Bonchev–Trinajstić information content (AvgIpc) is 2.61. The number of esters is 2. The summed E-state index contributed by atoms with van der Waals surface area (Å²) in [5.41, 5.74) is 5.98. The van der Waals surface area contributed by atoms with Crippen molar-refractivity contribution in [1.29, 1.82) is 0 Å². The van der Waals surface area contributed by atoms with E-state index in [9.17, 15) is 9.59 Å². The van der Waals surface area contributed by atoms with Crippen LogP contribution in [0.4, 0.5) is 0 Å². The zero-order valence-electron chi connectivity index (χ0n) is 15.7. The van der Waals surface area contributed by atoms with Gasteiger partial charge in [0.15, 0.2) is 0 Å². The van der Waals surface area contributed by atoms with Crippen molar-refractivity contribution < 1.29 is 19.1 Å². The van der Waals surface area contributed by atoms with E-state index in [2.05, 4.69) is 19.9 Å². The van der Waals surface area contributed by atoms with Gasteiger partial charge in [0.1, 0.15) is 13.2 Å². The normalized spacial score (nSPS) is 10.2. The number of ether oxygens (including phenoxy) is 2. The lowest BCUT2D eigenvalue weighted by Crippen LogP contribution is -2.13. The van der Waals surface area contributed by atoms with Crippen molar-refractivity contribution in [2.45, 2.75) is 27.7 Å². The van der Waals surface area contributed by atoms with E-state index in [1.54, 1.807) is 0 Å². The standard InChI is InChI=1S/C22H24O4/c1-15-9-8-12-21(16(15)2)22(19-10-6-5-7-11-19)20(13-25-17(3)23)14-26-18(4)24/h5-12H,13-14H2,1-4H3. The maximum Gasteiger partial charge on any atom is 0.302 e. The molecule has 136 valence electrons. The maximum atomic E-state index is 11.4. The maximum absolute atomic E-state index is 11.4. The first-order valence-corrected chi connectivity index (χ1v) is 8.51. The second-order valence-electron chi connectivity index (χ2n) is 6.15. The first-order valence-electron chi connectivity index (χ1n) is 8.51. The van der Waals surface area contributed by atoms with Crippen LogP contribution in [0.25, 0.3) is 5.57 Å². The predicted octanol–water partition coefficient (Wildman–Crippen LogP) is 4.23. The van der Waals surface area contributed by atoms with Gasteiger partial charge >= 0.3 is 11.9 Å². The summed E-state index contributed by atoms with van der Waals surface area (Å²) in [6, 6.07) is 15.9. The van der Waals surface area contributed by atoms with Crippen molar-refractivity contribution in [2.24, 2.45) is 0 Å². The molecular weight excluding hydrogens is 328 g/mol. The van der Waals surface area contributed by atoms with Crippen molar-refractivity contribution >= 4 is 17.5 Å². The molecule has 0 aliphatic carbocycles. The van der Waals surface area contributed by atoms with Crippen LogP contribution in [0.1, 0.15) is 36.1 Å². The van der Waals surface area contributed by atoms with Gasteiger partial charge in [0.2, 0.25) is 0 Å². The van der Waals surface area contributed by atoms with Gasteiger partial charge in [-0.2, -0.15) is 0 Å². The molecule has 0 N–H and O–H groups in total. The number of rotatable bonds is 6. The van der Waals surface area contributed by atoms with Crippen LogP contribution in [-0.4, -0.2) is 25.2 Å². The fraction of sp³-hybridized carbons (Fsp3) is 0.273. The smallest absolute Gasteiger partial charge is 0.302 e. The number of hydrogen-bond donors (Lipinski definition) is 0. The summed E-state index contributed by atoms with van der Waals surface area (Å²) in [6.45, 7) is 6.98. The highest BCUT2D eigenvalue weighted by Gasteiger charge is 2.17. The van der Waals surface area contributed by atoms with E-state index in [4.69, 9.17) is 9.47 Å². The Morgan fingerprint density at radius 2 is 1.38 bits per heavy atom. The molecule has 2 aromatic carbocycles. The molecule has 0 aliphatic heterocycles. The van der Waals surface area contributed by atoms with Gasteiger partial charge < -0.3 is 9.47 Å². The fourth-order valence-electron chi connectivity index (χ4n) is 2.74. The quantitative estimate of drug-likeness (QED) is 0.730. The highest BCUT2D eigenvalue weighted by molar-refractivity contribution is 5.84. The van der Waals surface area contributed by atoms with Gasteiger partial charge in [-0.3, -0.25) is 9.59 Å². The van der Waals surface area contributed by atoms with Gasteiger partial charge in [0.25, 0.3) is 0 Å². The average molecular weight is 352 g/mol. The molecule has 4 nitrogen and oxygen atoms in total. The number of carbonyl (C=O) groups is 2. The summed E-state index contributed by atoms with van der Waals surface area (Å²) in [5.74, 6) is -0.752. The van der Waals surface area contributed by atoms with Crippen molar-refractivity contribution in [3.05, 3.63) is 76.4 Å². The minimum Gasteiger partial charge on any atom is -0.461 e. The van der Waals surface area contributed by atoms with Crippen LogP contribution in [-0.2, 0) is 19.1 Å². The fourth-order valence-corrected chi connectivity index (χ4v) is 2.74. The largest absolute Gasteiger partial charge is 0.461 e. The molecule has 0 saturated heterocycles. The zero-order chi connectivity index (χ0) is 19.1. The first-order chi connectivity index (χ1) is 12.4. The van der Waals surface area contributed by atoms with Gasteiger partial charge in [0, 0.05) is 19.4 Å². The van der Waals surface area contributed by atoms with Crippen molar-refractivity contribution in [3.8, 4) is 0 Å². The number of hydrogen-bond acceptors (Lipinski definition) is 4. The lowest BCUT2D eigenvalue weighted by atomic mass is 9.89. The minimum absolute atomic E-state index is 0.0697. The zero-order valence-corrected chi connectivity index (χ0v) is 15.7. The van der Waals surface area contributed by atoms with Crippen LogP contribution < -0.4 is 0 Å². The monoisotopic (exact) mass is 352 g/mol. The Labute approximate surface area is 154 Å². The van der Waals surface area contributed by atoms with Gasteiger partial charge in [0.05, 0.1) is 0 Å². The van der Waals surface area contributed by atoms with E-state index in [-0.39, 0.29) is 25.2 Å². The highest BCUT2D eigenvalue weighted by atomic mass is 16.5. The minimum atomic E-state index is -0.376. The topological polar surface area (TPSA) is 52.6 Å². The van der Waals surface area contributed by atoms with E-state index in [1.807, 2.05) is 42.5 Å². The molecule has 4 heteroatoms. The van der Waals surface area contributed by atoms with E-state index < -0.39 is 0 Å². The van der Waals surface area contributed by atoms with Crippen LogP contribution in [0.15, 0.2) is 54.1 Å². The Balaban J connectivity index is 2.66. The van der Waals surface area contributed by atoms with Crippen LogP contribution >= 0.6 is 0 Å². The van der Waals surface area contributed by atoms with Crippen LogP contribution in [0.2, 0.25) is 0 Å². The number of aryl methyl sites for hydroxylation is 1. The van der Waals surface area contributed by atoms with Crippen molar-refractivity contribution in [2.75, 3.05) is 13.2 Å². The molecule has 0 spiro atoms. The molecule has 0 atom stereocenters. The molecule has 0 heterocycles. The number of benzene rings is 2. The van der Waals surface area contributed by atoms with Crippen LogP contribution in [0.5, 0.6) is 0 Å². The van der Waals surface area contributed by atoms with Crippen molar-refractivity contribution in [3.63, 3.8) is 0 Å². The molecule has 2 rings (SSSR count). The van der Waals surface area contributed by atoms with Gasteiger partial charge in [-0.05, 0) is 41.7 Å². The third-order valence-corrected chi connectivity index (χ3v) is 4.19. The molecule has 0 fully saturated rings. The van der Waals surface area contributed by atoms with E-state index in [1.165, 1.54) is 13.8 Å². The summed E-state index contributed by atoms with van der Waals surface area (Å²) < 4.78 is 10.5. The molecule has 2 aromatic rings. The first kappa shape index (κ1) is 19.4. The molecule has 0 aromatic heterocycles. The second-order valence-corrected chi connectivity index (χ2v) is 6.15. The Kier molecular flexibility index (Phi) is 6.73. The number of carbonyl (C=O) groups excluding carboxylic acids is 2. The molecule has 0 unspecified atom stereocenters. The lowest BCUT2D eigenvalue weighted by Gasteiger charge is -2.19. The molecule has 0 bridgehead atoms. The van der Waals surface area contributed by atoms with Crippen LogP contribution in [0.3, 0.4) is 0 Å². The van der Waals surface area contributed by atoms with Gasteiger partial charge in [-0.1, -0.05) is 48.5 Å². The molecule has 0 aliphatic rings. The molecule has 0 saturated carbocycles.